The predicted octanol–water partition coefficient (Wildman–Crippen LogP) is 1.53. The van der Waals surface area contributed by atoms with Gasteiger partial charge in [-0.15, -0.1) is 36.2 Å². The van der Waals surface area contributed by atoms with E-state index in [0.29, 0.717) is 19.5 Å². The molecule has 1 rings (SSSR count). The first-order valence-corrected chi connectivity index (χ1v) is 6.44. The zero-order chi connectivity index (χ0) is 12.7. The van der Waals surface area contributed by atoms with Crippen LogP contribution in [0.5, 0.6) is 0 Å². The van der Waals surface area contributed by atoms with Crippen LogP contribution in [0.1, 0.15) is 23.2 Å². The Morgan fingerprint density at radius 1 is 1.58 bits per heavy atom. The third-order valence-electron chi connectivity index (χ3n) is 2.40. The second kappa shape index (κ2) is 11.4. The summed E-state index contributed by atoms with van der Waals surface area (Å²) >= 11 is 1.62. The number of rotatable bonds is 7. The Labute approximate surface area is 130 Å². The van der Waals surface area contributed by atoms with Crippen molar-refractivity contribution in [2.75, 3.05) is 13.7 Å². The average molecular weight is 330 g/mol. The van der Waals surface area contributed by atoms with E-state index in [1.807, 2.05) is 6.20 Å². The fourth-order valence-corrected chi connectivity index (χ4v) is 2.11. The maximum Gasteiger partial charge on any atom is 0.223 e. The molecule has 8 heteroatoms. The minimum absolute atomic E-state index is 0. The normalized spacial score (nSPS) is 11.1. The van der Waals surface area contributed by atoms with Crippen LogP contribution in [0, 0.1) is 0 Å². The fraction of sp³-hybridized carbons (Fsp3) is 0.636. The predicted molar refractivity (Wildman–Crippen MR) is 82.3 cm³/mol. The summed E-state index contributed by atoms with van der Waals surface area (Å²) in [7, 11) is 1.55. The van der Waals surface area contributed by atoms with Crippen molar-refractivity contribution in [2.24, 2.45) is 5.73 Å². The smallest absolute Gasteiger partial charge is 0.223 e. The first-order valence-electron chi connectivity index (χ1n) is 5.62. The number of nitrogens with one attached hydrogen (secondary N) is 1. The van der Waals surface area contributed by atoms with Crippen molar-refractivity contribution in [3.8, 4) is 0 Å². The minimum Gasteiger partial charge on any atom is -0.380 e. The lowest BCUT2D eigenvalue weighted by Crippen LogP contribution is -2.31. The number of ether oxygens (including phenoxy) is 1. The molecule has 0 aliphatic carbocycles. The van der Waals surface area contributed by atoms with Gasteiger partial charge in [0.25, 0.3) is 0 Å². The number of halogens is 2. The Morgan fingerprint density at radius 3 is 2.74 bits per heavy atom. The molecule has 1 aromatic rings. The number of nitrogens with zero attached hydrogens (tertiary/aromatic N) is 1. The van der Waals surface area contributed by atoms with Crippen LogP contribution in [0.4, 0.5) is 0 Å². The number of methoxy groups -OCH3 is 1. The van der Waals surface area contributed by atoms with E-state index in [-0.39, 0.29) is 36.8 Å². The first kappa shape index (κ1) is 20.9. The summed E-state index contributed by atoms with van der Waals surface area (Å²) in [6, 6.07) is 0. The van der Waals surface area contributed by atoms with Crippen molar-refractivity contribution >= 4 is 42.1 Å². The lowest BCUT2D eigenvalue weighted by molar-refractivity contribution is -0.123. The van der Waals surface area contributed by atoms with E-state index in [1.54, 1.807) is 18.4 Å². The highest BCUT2D eigenvalue weighted by Gasteiger charge is 2.11. The molecule has 19 heavy (non-hydrogen) atoms. The van der Waals surface area contributed by atoms with Gasteiger partial charge in [0.05, 0.1) is 19.1 Å². The van der Waals surface area contributed by atoms with Crippen LogP contribution in [-0.4, -0.2) is 30.6 Å². The molecular weight excluding hydrogens is 309 g/mol. The van der Waals surface area contributed by atoms with Crippen molar-refractivity contribution in [3.63, 3.8) is 0 Å². The van der Waals surface area contributed by atoms with Gasteiger partial charge in [-0.05, 0) is 6.42 Å². The zero-order valence-corrected chi connectivity index (χ0v) is 13.5. The molecule has 0 saturated carbocycles. The van der Waals surface area contributed by atoms with Gasteiger partial charge in [0.1, 0.15) is 5.01 Å². The number of carbonyl (C=O) groups excluding carboxylic acids is 1. The molecule has 0 aliphatic heterocycles. The lowest BCUT2D eigenvalue weighted by Gasteiger charge is -2.11. The van der Waals surface area contributed by atoms with Crippen LogP contribution in [0.3, 0.4) is 0 Å². The molecule has 1 unspecified atom stereocenters. The van der Waals surface area contributed by atoms with E-state index in [4.69, 9.17) is 10.5 Å². The van der Waals surface area contributed by atoms with Gasteiger partial charge in [-0.25, -0.2) is 4.98 Å². The second-order valence-electron chi connectivity index (χ2n) is 3.65. The van der Waals surface area contributed by atoms with E-state index in [9.17, 15) is 4.79 Å². The number of aryl methyl sites for hydroxylation is 1. The van der Waals surface area contributed by atoms with Crippen LogP contribution in [0.2, 0.25) is 0 Å². The lowest BCUT2D eigenvalue weighted by atomic mass is 10.2. The number of hydrogen-bond acceptors (Lipinski definition) is 5. The third kappa shape index (κ3) is 7.69. The number of aromatic nitrogens is 1. The Bertz CT molecular complexity index is 359. The molecule has 0 aromatic carbocycles. The fourth-order valence-electron chi connectivity index (χ4n) is 1.31. The summed E-state index contributed by atoms with van der Waals surface area (Å²) in [5.74, 6) is -0.0597. The molecule has 1 atom stereocenters. The number of amides is 1. The van der Waals surface area contributed by atoms with Crippen molar-refractivity contribution in [3.05, 3.63) is 16.1 Å². The zero-order valence-electron chi connectivity index (χ0n) is 11.0. The van der Waals surface area contributed by atoms with Crippen molar-refractivity contribution in [1.82, 2.24) is 10.3 Å². The van der Waals surface area contributed by atoms with Crippen molar-refractivity contribution < 1.29 is 9.53 Å². The molecule has 0 spiro atoms. The molecule has 0 radical (unpaired) electrons. The van der Waals surface area contributed by atoms with Gasteiger partial charge in [0.15, 0.2) is 0 Å². The summed E-state index contributed by atoms with van der Waals surface area (Å²) in [4.78, 5) is 17.0. The summed E-state index contributed by atoms with van der Waals surface area (Å²) in [5, 5.41) is 3.74. The molecule has 0 aliphatic rings. The van der Waals surface area contributed by atoms with Gasteiger partial charge in [0, 0.05) is 24.7 Å². The highest BCUT2D eigenvalue weighted by molar-refractivity contribution is 7.11. The molecule has 1 amide bonds. The number of nitrogens with two attached hydrogens (primary N) is 1. The number of hydrogen-bond donors (Lipinski definition) is 2. The summed E-state index contributed by atoms with van der Waals surface area (Å²) in [5.41, 5.74) is 5.44. The van der Waals surface area contributed by atoms with Gasteiger partial charge >= 0.3 is 0 Å². The molecule has 0 saturated heterocycles. The Morgan fingerprint density at radius 2 is 2.26 bits per heavy atom. The van der Waals surface area contributed by atoms with E-state index >= 15 is 0 Å². The van der Waals surface area contributed by atoms with E-state index in [2.05, 4.69) is 17.2 Å². The van der Waals surface area contributed by atoms with Crippen LogP contribution >= 0.6 is 36.2 Å². The second-order valence-corrected chi connectivity index (χ2v) is 4.85. The average Bonchev–Trinajstić information content (AvgIpc) is 2.81. The SMILES string of the molecule is CCc1cnc(CNC(=O)CC(CN)OC)s1.Cl.Cl. The quantitative estimate of drug-likeness (QED) is 0.795. The summed E-state index contributed by atoms with van der Waals surface area (Å²) in [6.07, 6.45) is 2.91. The molecule has 5 nitrogen and oxygen atoms in total. The van der Waals surface area contributed by atoms with Gasteiger partial charge in [-0.2, -0.15) is 0 Å². The monoisotopic (exact) mass is 329 g/mol. The number of thiazole rings is 1. The van der Waals surface area contributed by atoms with Gasteiger partial charge < -0.3 is 15.8 Å². The Kier molecular flexibility index (Phi) is 12.6. The molecule has 3 N–H and O–H groups in total. The van der Waals surface area contributed by atoms with Crippen LogP contribution < -0.4 is 11.1 Å². The number of carbonyl (C=O) groups is 1. The molecule has 0 fully saturated rings. The largest absolute Gasteiger partial charge is 0.380 e. The molecular formula is C11H21Cl2N3O2S. The van der Waals surface area contributed by atoms with Crippen molar-refractivity contribution in [1.29, 1.82) is 0 Å². The van der Waals surface area contributed by atoms with Crippen molar-refractivity contribution in [2.45, 2.75) is 32.4 Å². The Balaban J connectivity index is 0. The Hall–Kier alpha value is -0.400. The highest BCUT2D eigenvalue weighted by atomic mass is 35.5. The van der Waals surface area contributed by atoms with E-state index < -0.39 is 0 Å². The van der Waals surface area contributed by atoms with E-state index in [1.165, 1.54) is 4.88 Å². The third-order valence-corrected chi connectivity index (χ3v) is 3.54. The molecule has 1 aromatic heterocycles. The molecule has 0 bridgehead atoms. The van der Waals surface area contributed by atoms with Gasteiger partial charge in [-0.1, -0.05) is 6.92 Å². The summed E-state index contributed by atoms with van der Waals surface area (Å²) < 4.78 is 5.04. The van der Waals surface area contributed by atoms with Gasteiger partial charge in [0.2, 0.25) is 5.91 Å². The van der Waals surface area contributed by atoms with Crippen LogP contribution in [0.15, 0.2) is 6.20 Å². The van der Waals surface area contributed by atoms with Gasteiger partial charge in [-0.3, -0.25) is 4.79 Å². The maximum absolute atomic E-state index is 11.6. The minimum atomic E-state index is -0.211. The van der Waals surface area contributed by atoms with Crippen LogP contribution in [-0.2, 0) is 22.5 Å². The standard InChI is InChI=1S/C11H19N3O2S.2ClH/c1-3-9-6-14-11(17-9)7-13-10(15)4-8(5-12)16-2;;/h6,8H,3-5,7,12H2,1-2H3,(H,13,15);2*1H. The summed E-state index contributed by atoms with van der Waals surface area (Å²) in [6.45, 7) is 2.91. The first-order chi connectivity index (χ1) is 8.19. The molecule has 1 heterocycles. The highest BCUT2D eigenvalue weighted by Crippen LogP contribution is 2.12. The topological polar surface area (TPSA) is 77.2 Å². The maximum atomic E-state index is 11.6. The van der Waals surface area contributed by atoms with E-state index in [0.717, 1.165) is 11.4 Å². The van der Waals surface area contributed by atoms with Crippen LogP contribution in [0.25, 0.3) is 0 Å². The molecule has 112 valence electrons.